The molecule has 1 aromatic rings. The van der Waals surface area contributed by atoms with Gasteiger partial charge in [0.1, 0.15) is 0 Å². The van der Waals surface area contributed by atoms with E-state index in [4.69, 9.17) is 0 Å². The lowest BCUT2D eigenvalue weighted by Crippen LogP contribution is -2.37. The molecule has 18 heavy (non-hydrogen) atoms. The Morgan fingerprint density at radius 1 is 1.17 bits per heavy atom. The summed E-state index contributed by atoms with van der Waals surface area (Å²) in [5.74, 6) is -1.09. The maximum Gasteiger partial charge on any atom is 0.159 e. The van der Waals surface area contributed by atoms with Crippen molar-refractivity contribution in [1.82, 2.24) is 5.32 Å². The van der Waals surface area contributed by atoms with Crippen LogP contribution in [0.3, 0.4) is 0 Å². The maximum atomic E-state index is 13.1. The Morgan fingerprint density at radius 3 is 2.39 bits per heavy atom. The van der Waals surface area contributed by atoms with E-state index in [9.17, 15) is 8.78 Å². The van der Waals surface area contributed by atoms with Crippen molar-refractivity contribution in [1.29, 1.82) is 0 Å². The highest BCUT2D eigenvalue weighted by atomic mass is 19.2. The van der Waals surface area contributed by atoms with E-state index in [0.29, 0.717) is 5.92 Å². The summed E-state index contributed by atoms with van der Waals surface area (Å²) in [5, 5.41) is 3.42. The van der Waals surface area contributed by atoms with Gasteiger partial charge in [0.15, 0.2) is 11.6 Å². The molecule has 0 saturated carbocycles. The number of hydrogen-bond donors (Lipinski definition) is 1. The van der Waals surface area contributed by atoms with E-state index >= 15 is 0 Å². The summed E-state index contributed by atoms with van der Waals surface area (Å²) in [4.78, 5) is 0. The van der Waals surface area contributed by atoms with Crippen LogP contribution < -0.4 is 5.32 Å². The minimum atomic E-state index is -0.777. The van der Waals surface area contributed by atoms with Gasteiger partial charge in [0, 0.05) is 5.54 Å². The van der Waals surface area contributed by atoms with Crippen LogP contribution >= 0.6 is 0 Å². The third-order valence-electron chi connectivity index (χ3n) is 2.86. The van der Waals surface area contributed by atoms with Crippen molar-refractivity contribution in [2.24, 2.45) is 5.92 Å². The second kappa shape index (κ2) is 6.28. The van der Waals surface area contributed by atoms with Gasteiger partial charge in [-0.05, 0) is 63.8 Å². The van der Waals surface area contributed by atoms with E-state index in [1.807, 2.05) is 0 Å². The first-order valence-corrected chi connectivity index (χ1v) is 6.47. The normalized spacial score (nSPS) is 13.7. The van der Waals surface area contributed by atoms with Crippen LogP contribution in [0.5, 0.6) is 0 Å². The fourth-order valence-electron chi connectivity index (χ4n) is 1.86. The van der Waals surface area contributed by atoms with Crippen LogP contribution in [0.1, 0.15) is 39.7 Å². The zero-order chi connectivity index (χ0) is 13.8. The fraction of sp³-hybridized carbons (Fsp3) is 0.600. The predicted octanol–water partition coefficient (Wildman–Crippen LogP) is 3.92. The van der Waals surface area contributed by atoms with Gasteiger partial charge in [0.2, 0.25) is 0 Å². The van der Waals surface area contributed by atoms with E-state index in [1.54, 1.807) is 6.07 Å². The molecule has 0 amide bonds. The Kier molecular flexibility index (Phi) is 5.27. The van der Waals surface area contributed by atoms with Gasteiger partial charge in [-0.2, -0.15) is 0 Å². The Hall–Kier alpha value is -0.960. The van der Waals surface area contributed by atoms with Crippen LogP contribution in [-0.4, -0.2) is 12.1 Å². The Balaban J connectivity index is 2.40. The van der Waals surface area contributed by atoms with Crippen LogP contribution in [0.4, 0.5) is 8.78 Å². The van der Waals surface area contributed by atoms with Crippen molar-refractivity contribution < 1.29 is 8.78 Å². The summed E-state index contributed by atoms with van der Waals surface area (Å²) < 4.78 is 25.8. The van der Waals surface area contributed by atoms with Crippen LogP contribution in [0.25, 0.3) is 0 Å². The molecule has 1 aromatic carbocycles. The summed E-state index contributed by atoms with van der Waals surface area (Å²) in [6, 6.07) is 4.15. The van der Waals surface area contributed by atoms with E-state index in [2.05, 4.69) is 33.0 Å². The van der Waals surface area contributed by atoms with Crippen molar-refractivity contribution in [3.8, 4) is 0 Å². The maximum absolute atomic E-state index is 13.1. The molecule has 0 aromatic heterocycles. The minimum Gasteiger partial charge on any atom is -0.312 e. The molecular weight excluding hydrogens is 232 g/mol. The lowest BCUT2D eigenvalue weighted by atomic mass is 9.97. The van der Waals surface area contributed by atoms with Crippen molar-refractivity contribution in [2.45, 2.75) is 46.1 Å². The second-order valence-electron chi connectivity index (χ2n) is 6.02. The van der Waals surface area contributed by atoms with Gasteiger partial charge in [-0.15, -0.1) is 0 Å². The first kappa shape index (κ1) is 15.1. The highest BCUT2D eigenvalue weighted by Gasteiger charge is 2.10. The molecule has 0 bridgehead atoms. The molecule has 0 aliphatic carbocycles. The first-order valence-electron chi connectivity index (χ1n) is 6.47. The molecule has 1 nitrogen and oxygen atoms in total. The van der Waals surface area contributed by atoms with Crippen LogP contribution in [0, 0.1) is 17.6 Å². The van der Waals surface area contributed by atoms with Gasteiger partial charge in [0.05, 0.1) is 0 Å². The summed E-state index contributed by atoms with van der Waals surface area (Å²) in [6.07, 6.45) is 1.80. The Bertz CT molecular complexity index is 383. The van der Waals surface area contributed by atoms with Gasteiger partial charge >= 0.3 is 0 Å². The molecule has 1 atom stereocenters. The largest absolute Gasteiger partial charge is 0.312 e. The van der Waals surface area contributed by atoms with Crippen molar-refractivity contribution in [3.05, 3.63) is 35.4 Å². The summed E-state index contributed by atoms with van der Waals surface area (Å²) >= 11 is 0. The predicted molar refractivity (Wildman–Crippen MR) is 71.6 cm³/mol. The number of rotatable bonds is 5. The highest BCUT2D eigenvalue weighted by molar-refractivity contribution is 5.18. The number of hydrogen-bond acceptors (Lipinski definition) is 1. The van der Waals surface area contributed by atoms with Crippen molar-refractivity contribution in [3.63, 3.8) is 0 Å². The third kappa shape index (κ3) is 5.58. The molecule has 0 radical (unpaired) electrons. The van der Waals surface area contributed by atoms with E-state index in [-0.39, 0.29) is 5.54 Å². The zero-order valence-corrected chi connectivity index (χ0v) is 11.7. The topological polar surface area (TPSA) is 12.0 Å². The first-order chi connectivity index (χ1) is 8.28. The van der Waals surface area contributed by atoms with Crippen LogP contribution in [0.2, 0.25) is 0 Å². The third-order valence-corrected chi connectivity index (χ3v) is 2.86. The lowest BCUT2D eigenvalue weighted by Gasteiger charge is -2.22. The summed E-state index contributed by atoms with van der Waals surface area (Å²) in [6.45, 7) is 9.47. The molecule has 1 rings (SSSR count). The number of halogens is 2. The Morgan fingerprint density at radius 2 is 1.83 bits per heavy atom. The van der Waals surface area contributed by atoms with Gasteiger partial charge < -0.3 is 5.32 Å². The summed E-state index contributed by atoms with van der Waals surface area (Å²) in [5.41, 5.74) is 0.985. The molecule has 0 fully saturated rings. The quantitative estimate of drug-likeness (QED) is 0.841. The van der Waals surface area contributed by atoms with Gasteiger partial charge in [0.25, 0.3) is 0 Å². The second-order valence-corrected chi connectivity index (χ2v) is 6.02. The lowest BCUT2D eigenvalue weighted by molar-refractivity contribution is 0.393. The van der Waals surface area contributed by atoms with Crippen molar-refractivity contribution >= 4 is 0 Å². The van der Waals surface area contributed by atoms with E-state index in [0.717, 1.165) is 24.9 Å². The molecule has 3 heteroatoms. The zero-order valence-electron chi connectivity index (χ0n) is 11.7. The van der Waals surface area contributed by atoms with Gasteiger partial charge in [-0.25, -0.2) is 8.78 Å². The van der Waals surface area contributed by atoms with Gasteiger partial charge in [-0.1, -0.05) is 13.0 Å². The summed E-state index contributed by atoms with van der Waals surface area (Å²) in [7, 11) is 0. The molecule has 0 spiro atoms. The minimum absolute atomic E-state index is 0.127. The molecular formula is C15H23F2N. The van der Waals surface area contributed by atoms with E-state index in [1.165, 1.54) is 12.1 Å². The standard InChI is InChI=1S/C15H23F2N/c1-11(7-8-18-15(2,3)4)9-12-5-6-13(16)14(17)10-12/h5-6,10-11,18H,7-9H2,1-4H3. The average Bonchev–Trinajstić information content (AvgIpc) is 2.21. The average molecular weight is 255 g/mol. The number of nitrogens with one attached hydrogen (secondary N) is 1. The van der Waals surface area contributed by atoms with Crippen molar-refractivity contribution in [2.75, 3.05) is 6.54 Å². The van der Waals surface area contributed by atoms with Gasteiger partial charge in [-0.3, -0.25) is 0 Å². The molecule has 0 saturated heterocycles. The monoisotopic (exact) mass is 255 g/mol. The molecule has 0 aliphatic rings. The van der Waals surface area contributed by atoms with Crippen LogP contribution in [0.15, 0.2) is 18.2 Å². The fourth-order valence-corrected chi connectivity index (χ4v) is 1.86. The highest BCUT2D eigenvalue weighted by Crippen LogP contribution is 2.15. The molecule has 0 heterocycles. The molecule has 102 valence electrons. The van der Waals surface area contributed by atoms with E-state index < -0.39 is 11.6 Å². The molecule has 1 unspecified atom stereocenters. The smallest absolute Gasteiger partial charge is 0.159 e. The Labute approximate surface area is 109 Å². The number of benzene rings is 1. The SMILES string of the molecule is CC(CCNC(C)(C)C)Cc1ccc(F)c(F)c1. The molecule has 1 N–H and O–H groups in total. The van der Waals surface area contributed by atoms with Crippen LogP contribution in [-0.2, 0) is 6.42 Å². The molecule has 0 aliphatic heterocycles.